The molecule has 3 rings (SSSR count). The summed E-state index contributed by atoms with van der Waals surface area (Å²) in [6.45, 7) is 0. The van der Waals surface area contributed by atoms with Gasteiger partial charge in [0.2, 0.25) is 5.95 Å². The molecule has 1 aromatic heterocycles. The molecule has 0 aliphatic heterocycles. The molecule has 25 heavy (non-hydrogen) atoms. The highest BCUT2D eigenvalue weighted by atomic mass is 79.9. The number of rotatable bonds is 4. The Morgan fingerprint density at radius 2 is 1.44 bits per heavy atom. The van der Waals surface area contributed by atoms with Crippen LogP contribution in [-0.4, -0.2) is 9.97 Å². The van der Waals surface area contributed by atoms with Crippen LogP contribution in [0.25, 0.3) is 0 Å². The van der Waals surface area contributed by atoms with Crippen LogP contribution in [-0.2, 0) is 0 Å². The molecule has 4 nitrogen and oxygen atoms in total. The van der Waals surface area contributed by atoms with Gasteiger partial charge in [-0.1, -0.05) is 23.2 Å². The van der Waals surface area contributed by atoms with Crippen molar-refractivity contribution in [2.75, 3.05) is 10.6 Å². The minimum absolute atomic E-state index is 0.0414. The summed E-state index contributed by atoms with van der Waals surface area (Å²) in [7, 11) is 0. The van der Waals surface area contributed by atoms with Gasteiger partial charge in [0, 0.05) is 20.3 Å². The molecule has 2 aromatic carbocycles. The average molecular weight is 507 g/mol. The molecule has 1 heterocycles. The SMILES string of the molecule is Fc1cnc(Nc2ccc(Cl)c(Br)c2)nc1Nc1ccc(Cl)c(Br)c1. The number of nitrogens with one attached hydrogen (secondary N) is 2. The van der Waals surface area contributed by atoms with Crippen LogP contribution in [0.1, 0.15) is 0 Å². The van der Waals surface area contributed by atoms with E-state index in [9.17, 15) is 4.39 Å². The molecule has 0 unspecified atom stereocenters. The van der Waals surface area contributed by atoms with E-state index >= 15 is 0 Å². The third-order valence-corrected chi connectivity index (χ3v) is 5.53. The van der Waals surface area contributed by atoms with Crippen molar-refractivity contribution >= 4 is 78.2 Å². The molecule has 128 valence electrons. The van der Waals surface area contributed by atoms with E-state index in [0.29, 0.717) is 25.9 Å². The zero-order valence-corrected chi connectivity index (χ0v) is 17.0. The second kappa shape index (κ2) is 7.86. The first kappa shape index (κ1) is 18.4. The highest BCUT2D eigenvalue weighted by molar-refractivity contribution is 9.10. The van der Waals surface area contributed by atoms with Crippen molar-refractivity contribution in [3.05, 3.63) is 67.4 Å². The summed E-state index contributed by atoms with van der Waals surface area (Å²) in [5, 5.41) is 7.04. The fraction of sp³-hybridized carbons (Fsp3) is 0. The van der Waals surface area contributed by atoms with Crippen LogP contribution in [0.2, 0.25) is 10.0 Å². The lowest BCUT2D eigenvalue weighted by Gasteiger charge is -2.10. The minimum Gasteiger partial charge on any atom is -0.338 e. The maximum absolute atomic E-state index is 14.0. The molecule has 0 aliphatic carbocycles. The standard InChI is InChI=1S/C16H9Br2Cl2FN4/c17-10-5-8(1-3-12(10)19)23-15-14(21)7-22-16(25-15)24-9-2-4-13(20)11(18)6-9/h1-7H,(H2,22,23,24,25). The van der Waals surface area contributed by atoms with E-state index in [1.807, 2.05) is 0 Å². The van der Waals surface area contributed by atoms with Crippen molar-refractivity contribution in [2.24, 2.45) is 0 Å². The van der Waals surface area contributed by atoms with Gasteiger partial charge in [-0.25, -0.2) is 9.37 Å². The Labute approximate surface area is 170 Å². The topological polar surface area (TPSA) is 49.8 Å². The van der Waals surface area contributed by atoms with Crippen LogP contribution in [0.3, 0.4) is 0 Å². The first-order valence-electron chi connectivity index (χ1n) is 6.89. The molecule has 0 saturated carbocycles. The maximum atomic E-state index is 14.0. The number of halogens is 5. The predicted molar refractivity (Wildman–Crippen MR) is 107 cm³/mol. The molecule has 9 heteroatoms. The number of nitrogens with zero attached hydrogens (tertiary/aromatic N) is 2. The van der Waals surface area contributed by atoms with E-state index in [1.165, 1.54) is 0 Å². The zero-order chi connectivity index (χ0) is 18.0. The normalized spacial score (nSPS) is 10.6. The first-order chi connectivity index (χ1) is 11.9. The number of aromatic nitrogens is 2. The van der Waals surface area contributed by atoms with E-state index < -0.39 is 5.82 Å². The molecular formula is C16H9Br2Cl2FN4. The Balaban J connectivity index is 1.84. The van der Waals surface area contributed by atoms with Gasteiger partial charge in [-0.05, 0) is 68.3 Å². The van der Waals surface area contributed by atoms with Crippen molar-refractivity contribution in [3.8, 4) is 0 Å². The average Bonchev–Trinajstić information content (AvgIpc) is 2.57. The third kappa shape index (κ3) is 4.61. The number of hydrogen-bond acceptors (Lipinski definition) is 4. The summed E-state index contributed by atoms with van der Waals surface area (Å²) in [4.78, 5) is 8.11. The number of anilines is 4. The number of benzene rings is 2. The molecule has 0 radical (unpaired) electrons. The monoisotopic (exact) mass is 504 g/mol. The molecule has 0 fully saturated rings. The van der Waals surface area contributed by atoms with Crippen LogP contribution in [0.4, 0.5) is 27.5 Å². The van der Waals surface area contributed by atoms with Crippen LogP contribution in [0.5, 0.6) is 0 Å². The highest BCUT2D eigenvalue weighted by Crippen LogP contribution is 2.29. The molecule has 0 saturated heterocycles. The highest BCUT2D eigenvalue weighted by Gasteiger charge is 2.09. The summed E-state index contributed by atoms with van der Waals surface area (Å²) in [6.07, 6.45) is 1.09. The van der Waals surface area contributed by atoms with Gasteiger partial charge in [-0.15, -0.1) is 0 Å². The van der Waals surface area contributed by atoms with Crippen molar-refractivity contribution in [1.82, 2.24) is 9.97 Å². The van der Waals surface area contributed by atoms with Crippen molar-refractivity contribution in [1.29, 1.82) is 0 Å². The van der Waals surface area contributed by atoms with E-state index in [-0.39, 0.29) is 11.8 Å². The molecule has 0 amide bonds. The van der Waals surface area contributed by atoms with E-state index in [0.717, 1.165) is 10.7 Å². The van der Waals surface area contributed by atoms with Gasteiger partial charge in [0.05, 0.1) is 16.2 Å². The second-order valence-corrected chi connectivity index (χ2v) is 7.42. The summed E-state index contributed by atoms with van der Waals surface area (Å²) in [5.74, 6) is -0.292. The Hall–Kier alpha value is -1.41. The van der Waals surface area contributed by atoms with E-state index in [2.05, 4.69) is 52.5 Å². The molecule has 2 N–H and O–H groups in total. The molecule has 0 bridgehead atoms. The van der Waals surface area contributed by atoms with Crippen LogP contribution >= 0.6 is 55.1 Å². The van der Waals surface area contributed by atoms with Crippen molar-refractivity contribution in [3.63, 3.8) is 0 Å². The Morgan fingerprint density at radius 3 is 2.00 bits per heavy atom. The fourth-order valence-electron chi connectivity index (χ4n) is 1.93. The lowest BCUT2D eigenvalue weighted by atomic mass is 10.3. The van der Waals surface area contributed by atoms with Gasteiger partial charge in [0.1, 0.15) is 0 Å². The number of hydrogen-bond donors (Lipinski definition) is 2. The van der Waals surface area contributed by atoms with Gasteiger partial charge >= 0.3 is 0 Å². The van der Waals surface area contributed by atoms with Gasteiger partial charge in [-0.2, -0.15) is 4.98 Å². The first-order valence-corrected chi connectivity index (χ1v) is 9.23. The molecule has 0 atom stereocenters. The smallest absolute Gasteiger partial charge is 0.229 e. The van der Waals surface area contributed by atoms with Crippen LogP contribution in [0.15, 0.2) is 51.5 Å². The fourth-order valence-corrected chi connectivity index (χ4v) is 2.92. The maximum Gasteiger partial charge on any atom is 0.229 e. The van der Waals surface area contributed by atoms with Crippen LogP contribution < -0.4 is 10.6 Å². The minimum atomic E-state index is -0.575. The van der Waals surface area contributed by atoms with E-state index in [4.69, 9.17) is 23.2 Å². The lowest BCUT2D eigenvalue weighted by molar-refractivity contribution is 0.619. The van der Waals surface area contributed by atoms with Gasteiger partial charge < -0.3 is 10.6 Å². The quantitative estimate of drug-likeness (QED) is 0.402. The summed E-state index contributed by atoms with van der Waals surface area (Å²) < 4.78 is 15.4. The van der Waals surface area contributed by atoms with Gasteiger partial charge in [-0.3, -0.25) is 0 Å². The third-order valence-electron chi connectivity index (χ3n) is 3.10. The Bertz CT molecular complexity index is 940. The Morgan fingerprint density at radius 1 is 0.880 bits per heavy atom. The zero-order valence-electron chi connectivity index (χ0n) is 12.3. The Kier molecular flexibility index (Phi) is 5.78. The summed E-state index contributed by atoms with van der Waals surface area (Å²) >= 11 is 18.6. The molecule has 3 aromatic rings. The predicted octanol–water partition coefficient (Wildman–Crippen LogP) is 6.93. The largest absolute Gasteiger partial charge is 0.338 e. The van der Waals surface area contributed by atoms with Crippen molar-refractivity contribution in [2.45, 2.75) is 0 Å². The second-order valence-electron chi connectivity index (χ2n) is 4.90. The summed E-state index contributed by atoms with van der Waals surface area (Å²) in [6, 6.07) is 10.4. The van der Waals surface area contributed by atoms with Gasteiger partial charge in [0.25, 0.3) is 0 Å². The molecule has 0 spiro atoms. The van der Waals surface area contributed by atoms with Crippen molar-refractivity contribution < 1.29 is 4.39 Å². The lowest BCUT2D eigenvalue weighted by Crippen LogP contribution is -2.03. The molecule has 0 aliphatic rings. The van der Waals surface area contributed by atoms with Crippen LogP contribution in [0, 0.1) is 5.82 Å². The van der Waals surface area contributed by atoms with Gasteiger partial charge in [0.15, 0.2) is 11.6 Å². The van der Waals surface area contributed by atoms with E-state index in [1.54, 1.807) is 36.4 Å². The molecular weight excluding hydrogens is 498 g/mol. The summed E-state index contributed by atoms with van der Waals surface area (Å²) in [5.41, 5.74) is 1.34.